The largest absolute Gasteiger partial charge is 0.398 e. The lowest BCUT2D eigenvalue weighted by Crippen LogP contribution is -2.04. The molecule has 2 aromatic carbocycles. The predicted molar refractivity (Wildman–Crippen MR) is 107 cm³/mol. The Balaban J connectivity index is 1.98. The van der Waals surface area contributed by atoms with Crippen molar-refractivity contribution in [3.63, 3.8) is 0 Å². The summed E-state index contributed by atoms with van der Waals surface area (Å²) in [6.45, 7) is 12.7. The van der Waals surface area contributed by atoms with Crippen molar-refractivity contribution in [1.82, 2.24) is 0 Å². The molecule has 0 amide bonds. The van der Waals surface area contributed by atoms with E-state index in [2.05, 4.69) is 37.9 Å². The van der Waals surface area contributed by atoms with Crippen LogP contribution in [0.2, 0.25) is 0 Å². The Bertz CT molecular complexity index is 842. The summed E-state index contributed by atoms with van der Waals surface area (Å²) >= 11 is 0.263. The van der Waals surface area contributed by atoms with Gasteiger partial charge in [0.05, 0.1) is 12.1 Å². The molecule has 132 valence electrons. The highest BCUT2D eigenvalue weighted by Crippen LogP contribution is 2.55. The second kappa shape index (κ2) is 6.41. The number of anilines is 2. The third kappa shape index (κ3) is 3.40. The molecule has 1 aliphatic rings. The third-order valence-electron chi connectivity index (χ3n) is 5.30. The van der Waals surface area contributed by atoms with Gasteiger partial charge in [0.15, 0.2) is 0 Å². The molecule has 0 heterocycles. The van der Waals surface area contributed by atoms with Gasteiger partial charge < -0.3 is 11.1 Å². The molecule has 1 atom stereocenters. The molecule has 0 aliphatic heterocycles. The van der Waals surface area contributed by atoms with Crippen LogP contribution in [0.4, 0.5) is 15.3 Å². The average molecular weight is 357 g/mol. The monoisotopic (exact) mass is 356 g/mol. The van der Waals surface area contributed by atoms with Gasteiger partial charge in [0, 0.05) is 33.4 Å². The van der Waals surface area contributed by atoms with Gasteiger partial charge in [-0.15, -0.1) is 0 Å². The van der Waals surface area contributed by atoms with Gasteiger partial charge in [-0.3, -0.25) is 0 Å². The Labute approximate surface area is 154 Å². The standard InChI is InChI=1S/C21H25FN2S/c1-12-6-7-15(24-14(3)17-11-21(17,4)5)10-16(12)20-13(2)18(23)8-9-19(20)25-22/h6-10,17,24H,3,11,23H2,1-2,4-5H3. The summed E-state index contributed by atoms with van der Waals surface area (Å²) in [5.74, 6) is 0.503. The topological polar surface area (TPSA) is 38.0 Å². The van der Waals surface area contributed by atoms with Crippen molar-refractivity contribution >= 4 is 23.5 Å². The number of allylic oxidation sites excluding steroid dienone is 1. The average Bonchev–Trinajstić information content (AvgIpc) is 3.21. The van der Waals surface area contributed by atoms with E-state index in [9.17, 15) is 3.89 Å². The first-order chi connectivity index (χ1) is 11.7. The quantitative estimate of drug-likeness (QED) is 0.600. The lowest BCUT2D eigenvalue weighted by molar-refractivity contribution is 0.599. The van der Waals surface area contributed by atoms with E-state index in [0.717, 1.165) is 40.1 Å². The summed E-state index contributed by atoms with van der Waals surface area (Å²) in [6.07, 6.45) is 1.16. The molecule has 25 heavy (non-hydrogen) atoms. The molecule has 0 saturated heterocycles. The highest BCUT2D eigenvalue weighted by Gasteiger charge is 2.47. The van der Waals surface area contributed by atoms with Crippen LogP contribution in [-0.4, -0.2) is 0 Å². The number of halogens is 1. The van der Waals surface area contributed by atoms with E-state index < -0.39 is 0 Å². The predicted octanol–water partition coefficient (Wildman–Crippen LogP) is 6.50. The van der Waals surface area contributed by atoms with E-state index in [0.29, 0.717) is 21.9 Å². The Morgan fingerprint density at radius 1 is 1.28 bits per heavy atom. The van der Waals surface area contributed by atoms with Gasteiger partial charge >= 0.3 is 0 Å². The Morgan fingerprint density at radius 2 is 1.96 bits per heavy atom. The van der Waals surface area contributed by atoms with Crippen molar-refractivity contribution in [2.45, 2.75) is 39.0 Å². The third-order valence-corrected chi connectivity index (χ3v) is 5.80. The minimum Gasteiger partial charge on any atom is -0.398 e. The van der Waals surface area contributed by atoms with Crippen molar-refractivity contribution in [2.75, 3.05) is 11.1 Å². The molecule has 4 heteroatoms. The van der Waals surface area contributed by atoms with Crippen molar-refractivity contribution in [1.29, 1.82) is 0 Å². The van der Waals surface area contributed by atoms with Crippen LogP contribution >= 0.6 is 12.1 Å². The fourth-order valence-electron chi connectivity index (χ4n) is 3.41. The van der Waals surface area contributed by atoms with Crippen LogP contribution in [0.15, 0.2) is 47.5 Å². The normalized spacial score (nSPS) is 18.0. The smallest absolute Gasteiger partial charge is 0.0818 e. The molecular formula is C21H25FN2S. The lowest BCUT2D eigenvalue weighted by atomic mass is 9.95. The Kier molecular flexibility index (Phi) is 4.58. The number of nitrogens with two attached hydrogens (primary N) is 1. The summed E-state index contributed by atoms with van der Waals surface area (Å²) < 4.78 is 13.5. The summed E-state index contributed by atoms with van der Waals surface area (Å²) in [5.41, 5.74) is 13.0. The molecule has 1 unspecified atom stereocenters. The molecule has 0 aromatic heterocycles. The SMILES string of the molecule is C=C(Nc1ccc(C)c(-c2c(SF)ccc(N)c2C)c1)C1CC1(C)C. The van der Waals surface area contributed by atoms with E-state index in [1.165, 1.54) is 0 Å². The fourth-order valence-corrected chi connectivity index (χ4v) is 3.87. The summed E-state index contributed by atoms with van der Waals surface area (Å²) in [4.78, 5) is 0.592. The summed E-state index contributed by atoms with van der Waals surface area (Å²) in [7, 11) is 0. The number of nitrogen functional groups attached to an aromatic ring is 1. The van der Waals surface area contributed by atoms with Gasteiger partial charge in [0.25, 0.3) is 0 Å². The molecular weight excluding hydrogens is 331 g/mol. The van der Waals surface area contributed by atoms with Crippen LogP contribution in [0.5, 0.6) is 0 Å². The molecule has 0 spiro atoms. The number of benzene rings is 2. The first kappa shape index (κ1) is 17.9. The molecule has 3 N–H and O–H groups in total. The number of nitrogens with one attached hydrogen (secondary N) is 1. The van der Waals surface area contributed by atoms with Crippen LogP contribution in [0, 0.1) is 25.2 Å². The lowest BCUT2D eigenvalue weighted by Gasteiger charge is -2.17. The van der Waals surface area contributed by atoms with Crippen LogP contribution < -0.4 is 11.1 Å². The van der Waals surface area contributed by atoms with Crippen LogP contribution in [0.1, 0.15) is 31.4 Å². The second-order valence-corrected chi connectivity index (χ2v) is 8.25. The zero-order valence-corrected chi connectivity index (χ0v) is 16.1. The van der Waals surface area contributed by atoms with Gasteiger partial charge in [0.2, 0.25) is 0 Å². The fraction of sp³-hybridized carbons (Fsp3) is 0.333. The molecule has 1 saturated carbocycles. The zero-order chi connectivity index (χ0) is 18.4. The Morgan fingerprint density at radius 3 is 2.56 bits per heavy atom. The first-order valence-electron chi connectivity index (χ1n) is 8.49. The molecule has 1 fully saturated rings. The highest BCUT2D eigenvalue weighted by molar-refractivity contribution is 7.94. The van der Waals surface area contributed by atoms with E-state index in [-0.39, 0.29) is 12.1 Å². The van der Waals surface area contributed by atoms with Crippen LogP contribution in [0.25, 0.3) is 11.1 Å². The molecule has 0 bridgehead atoms. The van der Waals surface area contributed by atoms with E-state index in [4.69, 9.17) is 5.73 Å². The number of hydrogen-bond acceptors (Lipinski definition) is 3. The molecule has 1 aliphatic carbocycles. The second-order valence-electron chi connectivity index (χ2n) is 7.66. The van der Waals surface area contributed by atoms with Crippen molar-refractivity contribution in [3.05, 3.63) is 53.7 Å². The summed E-state index contributed by atoms with van der Waals surface area (Å²) in [5, 5.41) is 3.44. The Hall–Kier alpha value is -1.94. The summed E-state index contributed by atoms with van der Waals surface area (Å²) in [6, 6.07) is 9.67. The van der Waals surface area contributed by atoms with Gasteiger partial charge in [-0.25, -0.2) is 0 Å². The van der Waals surface area contributed by atoms with E-state index >= 15 is 0 Å². The maximum absolute atomic E-state index is 13.5. The van der Waals surface area contributed by atoms with Crippen LogP contribution in [0.3, 0.4) is 0 Å². The molecule has 2 nitrogen and oxygen atoms in total. The van der Waals surface area contributed by atoms with Gasteiger partial charge in [-0.2, -0.15) is 3.89 Å². The van der Waals surface area contributed by atoms with Crippen molar-refractivity contribution in [3.8, 4) is 11.1 Å². The zero-order valence-electron chi connectivity index (χ0n) is 15.2. The minimum absolute atomic E-state index is 0.263. The number of rotatable bonds is 5. The maximum Gasteiger partial charge on any atom is 0.0818 e. The van der Waals surface area contributed by atoms with Gasteiger partial charge in [-0.1, -0.05) is 26.5 Å². The molecule has 0 radical (unpaired) electrons. The van der Waals surface area contributed by atoms with E-state index in [1.807, 2.05) is 19.9 Å². The number of hydrogen-bond donors (Lipinski definition) is 2. The van der Waals surface area contributed by atoms with Crippen molar-refractivity contribution in [2.24, 2.45) is 11.3 Å². The number of aryl methyl sites for hydroxylation is 1. The van der Waals surface area contributed by atoms with Crippen molar-refractivity contribution < 1.29 is 3.89 Å². The van der Waals surface area contributed by atoms with E-state index in [1.54, 1.807) is 12.1 Å². The maximum atomic E-state index is 13.5. The minimum atomic E-state index is 0.263. The van der Waals surface area contributed by atoms with Gasteiger partial charge in [-0.05, 0) is 66.6 Å². The highest BCUT2D eigenvalue weighted by atomic mass is 32.2. The van der Waals surface area contributed by atoms with Gasteiger partial charge in [0.1, 0.15) is 0 Å². The molecule has 2 aromatic rings. The van der Waals surface area contributed by atoms with Crippen LogP contribution in [-0.2, 0) is 0 Å². The first-order valence-corrected chi connectivity index (χ1v) is 9.21. The molecule has 3 rings (SSSR count).